The van der Waals surface area contributed by atoms with Crippen LogP contribution in [0.15, 0.2) is 29.3 Å². The SMILES string of the molecule is CC(=Nc1ccccc1C#N)N1CCCN(C(=O)N2CCOCC2)CC1. The van der Waals surface area contributed by atoms with Crippen molar-refractivity contribution in [3.8, 4) is 6.07 Å². The molecule has 0 radical (unpaired) electrons. The highest BCUT2D eigenvalue weighted by molar-refractivity contribution is 5.83. The highest BCUT2D eigenvalue weighted by Gasteiger charge is 2.25. The number of amidine groups is 1. The van der Waals surface area contributed by atoms with Gasteiger partial charge in [-0.15, -0.1) is 0 Å². The molecule has 2 saturated heterocycles. The number of aliphatic imine (C=N–C) groups is 1. The number of hydrogen-bond donors (Lipinski definition) is 0. The molecule has 2 heterocycles. The fourth-order valence-electron chi connectivity index (χ4n) is 3.30. The van der Waals surface area contributed by atoms with Crippen molar-refractivity contribution in [2.75, 3.05) is 52.5 Å². The van der Waals surface area contributed by atoms with Crippen molar-refractivity contribution in [2.24, 2.45) is 4.99 Å². The summed E-state index contributed by atoms with van der Waals surface area (Å²) in [5.41, 5.74) is 1.27. The van der Waals surface area contributed by atoms with Gasteiger partial charge in [-0.3, -0.25) is 0 Å². The Kier molecular flexibility index (Phi) is 6.08. The van der Waals surface area contributed by atoms with Gasteiger partial charge in [-0.05, 0) is 25.5 Å². The van der Waals surface area contributed by atoms with Gasteiger partial charge < -0.3 is 19.4 Å². The number of hydrogen-bond acceptors (Lipinski definition) is 4. The van der Waals surface area contributed by atoms with Crippen LogP contribution in [-0.2, 0) is 4.74 Å². The predicted molar refractivity (Wildman–Crippen MR) is 99.5 cm³/mol. The Hall–Kier alpha value is -2.59. The van der Waals surface area contributed by atoms with E-state index >= 15 is 0 Å². The summed E-state index contributed by atoms with van der Waals surface area (Å²) in [6.45, 7) is 7.60. The van der Waals surface area contributed by atoms with Gasteiger partial charge in [0, 0.05) is 39.3 Å². The van der Waals surface area contributed by atoms with E-state index < -0.39 is 0 Å². The van der Waals surface area contributed by atoms with Crippen LogP contribution in [-0.4, -0.2) is 79.0 Å². The number of nitrogens with zero attached hydrogens (tertiary/aromatic N) is 5. The number of carbonyl (C=O) groups excluding carboxylic acids is 1. The van der Waals surface area contributed by atoms with Gasteiger partial charge in [0.25, 0.3) is 0 Å². The Morgan fingerprint density at radius 3 is 2.46 bits per heavy atom. The number of benzene rings is 1. The average molecular weight is 355 g/mol. The zero-order chi connectivity index (χ0) is 18.4. The second-order valence-corrected chi connectivity index (χ2v) is 6.50. The molecular formula is C19H25N5O2. The van der Waals surface area contributed by atoms with Crippen LogP contribution < -0.4 is 0 Å². The van der Waals surface area contributed by atoms with E-state index in [1.54, 1.807) is 6.07 Å². The van der Waals surface area contributed by atoms with E-state index in [0.717, 1.165) is 31.9 Å². The van der Waals surface area contributed by atoms with Gasteiger partial charge in [0.1, 0.15) is 11.9 Å². The molecule has 1 aromatic carbocycles. The molecule has 138 valence electrons. The number of amides is 2. The van der Waals surface area contributed by atoms with E-state index in [4.69, 9.17) is 4.74 Å². The van der Waals surface area contributed by atoms with Crippen LogP contribution in [0.2, 0.25) is 0 Å². The Morgan fingerprint density at radius 2 is 1.69 bits per heavy atom. The summed E-state index contributed by atoms with van der Waals surface area (Å²) in [6, 6.07) is 9.65. The molecule has 2 aliphatic heterocycles. The first-order chi connectivity index (χ1) is 12.7. The quantitative estimate of drug-likeness (QED) is 0.571. The van der Waals surface area contributed by atoms with Gasteiger partial charge in [-0.1, -0.05) is 12.1 Å². The number of rotatable bonds is 1. The molecule has 1 aromatic rings. The summed E-state index contributed by atoms with van der Waals surface area (Å²) in [5.74, 6) is 0.883. The summed E-state index contributed by atoms with van der Waals surface area (Å²) in [7, 11) is 0. The van der Waals surface area contributed by atoms with Crippen LogP contribution in [0, 0.1) is 11.3 Å². The molecule has 0 aliphatic carbocycles. The summed E-state index contributed by atoms with van der Waals surface area (Å²) >= 11 is 0. The molecule has 0 saturated carbocycles. The Bertz CT molecular complexity index is 706. The molecule has 0 bridgehead atoms. The molecule has 0 spiro atoms. The van der Waals surface area contributed by atoms with Crippen molar-refractivity contribution < 1.29 is 9.53 Å². The van der Waals surface area contributed by atoms with Crippen LogP contribution in [0.1, 0.15) is 18.9 Å². The first-order valence-corrected chi connectivity index (χ1v) is 9.10. The maximum Gasteiger partial charge on any atom is 0.320 e. The summed E-state index contributed by atoms with van der Waals surface area (Å²) in [4.78, 5) is 23.3. The lowest BCUT2D eigenvalue weighted by Crippen LogP contribution is -2.49. The summed E-state index contributed by atoms with van der Waals surface area (Å²) in [6.07, 6.45) is 0.906. The lowest BCUT2D eigenvalue weighted by Gasteiger charge is -2.32. The smallest absolute Gasteiger partial charge is 0.320 e. The third kappa shape index (κ3) is 4.33. The average Bonchev–Trinajstić information content (AvgIpc) is 2.95. The maximum atomic E-state index is 12.7. The highest BCUT2D eigenvalue weighted by Crippen LogP contribution is 2.19. The van der Waals surface area contributed by atoms with Gasteiger partial charge in [0.15, 0.2) is 0 Å². The number of carbonyl (C=O) groups is 1. The van der Waals surface area contributed by atoms with E-state index in [-0.39, 0.29) is 6.03 Å². The second-order valence-electron chi connectivity index (χ2n) is 6.50. The number of morpholine rings is 1. The molecular weight excluding hydrogens is 330 g/mol. The van der Waals surface area contributed by atoms with Crippen molar-refractivity contribution >= 4 is 17.6 Å². The molecule has 0 unspecified atom stereocenters. The van der Waals surface area contributed by atoms with Crippen LogP contribution in [0.5, 0.6) is 0 Å². The minimum atomic E-state index is 0.111. The largest absolute Gasteiger partial charge is 0.378 e. The monoisotopic (exact) mass is 355 g/mol. The predicted octanol–water partition coefficient (Wildman–Crippen LogP) is 2.07. The van der Waals surface area contributed by atoms with Crippen LogP contribution in [0.25, 0.3) is 0 Å². The van der Waals surface area contributed by atoms with Crippen molar-refractivity contribution in [1.82, 2.24) is 14.7 Å². The van der Waals surface area contributed by atoms with Gasteiger partial charge in [0.05, 0.1) is 24.5 Å². The molecule has 2 amide bonds. The Labute approximate surface area is 154 Å². The van der Waals surface area contributed by atoms with Crippen molar-refractivity contribution in [2.45, 2.75) is 13.3 Å². The fourth-order valence-corrected chi connectivity index (χ4v) is 3.30. The number of para-hydroxylation sites is 1. The number of ether oxygens (including phenoxy) is 1. The van der Waals surface area contributed by atoms with Gasteiger partial charge >= 0.3 is 6.03 Å². The highest BCUT2D eigenvalue weighted by atomic mass is 16.5. The van der Waals surface area contributed by atoms with Crippen molar-refractivity contribution in [3.63, 3.8) is 0 Å². The zero-order valence-corrected chi connectivity index (χ0v) is 15.2. The number of nitriles is 1. The zero-order valence-electron chi connectivity index (χ0n) is 15.2. The first-order valence-electron chi connectivity index (χ1n) is 9.10. The fraction of sp³-hybridized carbons (Fsp3) is 0.526. The van der Waals surface area contributed by atoms with E-state index in [1.807, 2.05) is 34.9 Å². The maximum absolute atomic E-state index is 12.7. The molecule has 0 aromatic heterocycles. The van der Waals surface area contributed by atoms with E-state index in [0.29, 0.717) is 44.1 Å². The topological polar surface area (TPSA) is 72.2 Å². The summed E-state index contributed by atoms with van der Waals surface area (Å²) < 4.78 is 5.33. The molecule has 2 fully saturated rings. The lowest BCUT2D eigenvalue weighted by molar-refractivity contribution is 0.0437. The molecule has 7 heteroatoms. The second kappa shape index (κ2) is 8.68. The van der Waals surface area contributed by atoms with Crippen molar-refractivity contribution in [3.05, 3.63) is 29.8 Å². The van der Waals surface area contributed by atoms with Gasteiger partial charge in [-0.2, -0.15) is 5.26 Å². The Balaban J connectivity index is 1.63. The molecule has 7 nitrogen and oxygen atoms in total. The number of urea groups is 1. The lowest BCUT2D eigenvalue weighted by atomic mass is 10.2. The van der Waals surface area contributed by atoms with E-state index in [2.05, 4.69) is 16.0 Å². The standard InChI is InChI=1S/C19H25N5O2/c1-16(21-18-6-3-2-5-17(18)15-20)22-7-4-8-23(10-9-22)19(25)24-11-13-26-14-12-24/h2-3,5-6H,4,7-14H2,1H3. The normalized spacial score (nSPS) is 19.1. The van der Waals surface area contributed by atoms with E-state index in [9.17, 15) is 10.1 Å². The molecule has 0 atom stereocenters. The van der Waals surface area contributed by atoms with Crippen LogP contribution in [0.3, 0.4) is 0 Å². The first kappa shape index (κ1) is 18.2. The Morgan fingerprint density at radius 1 is 1.04 bits per heavy atom. The van der Waals surface area contributed by atoms with Crippen molar-refractivity contribution in [1.29, 1.82) is 5.26 Å². The molecule has 26 heavy (non-hydrogen) atoms. The van der Waals surface area contributed by atoms with Crippen LogP contribution in [0.4, 0.5) is 10.5 Å². The third-order valence-corrected chi connectivity index (χ3v) is 4.81. The third-order valence-electron chi connectivity index (χ3n) is 4.81. The van der Waals surface area contributed by atoms with Gasteiger partial charge in [0.2, 0.25) is 0 Å². The summed E-state index contributed by atoms with van der Waals surface area (Å²) in [5, 5.41) is 9.22. The molecule has 3 rings (SSSR count). The van der Waals surface area contributed by atoms with Crippen LogP contribution >= 0.6 is 0 Å². The molecule has 2 aliphatic rings. The van der Waals surface area contributed by atoms with E-state index in [1.165, 1.54) is 0 Å². The van der Waals surface area contributed by atoms with Gasteiger partial charge in [-0.25, -0.2) is 9.79 Å². The minimum absolute atomic E-state index is 0.111. The minimum Gasteiger partial charge on any atom is -0.378 e. The molecule has 0 N–H and O–H groups in total.